The maximum absolute atomic E-state index is 11.4. The SMILES string of the molecule is COc1ccc(NCCNC(=O)OC(C)(C)C)cc1Cl. The number of amides is 1. The van der Waals surface area contributed by atoms with Gasteiger partial charge in [0.1, 0.15) is 11.4 Å². The first-order chi connectivity index (χ1) is 9.31. The predicted molar refractivity (Wildman–Crippen MR) is 80.7 cm³/mol. The van der Waals surface area contributed by atoms with Gasteiger partial charge in [0.15, 0.2) is 0 Å². The van der Waals surface area contributed by atoms with Crippen LogP contribution in [0.1, 0.15) is 20.8 Å². The summed E-state index contributed by atoms with van der Waals surface area (Å²) in [6.07, 6.45) is -0.424. The molecule has 5 nitrogen and oxygen atoms in total. The van der Waals surface area contributed by atoms with E-state index in [9.17, 15) is 4.79 Å². The van der Waals surface area contributed by atoms with Gasteiger partial charge in [0.05, 0.1) is 12.1 Å². The van der Waals surface area contributed by atoms with Gasteiger partial charge in [-0.15, -0.1) is 0 Å². The highest BCUT2D eigenvalue weighted by molar-refractivity contribution is 6.32. The minimum absolute atomic E-state index is 0.424. The van der Waals surface area contributed by atoms with Gasteiger partial charge in [-0.3, -0.25) is 0 Å². The number of carbonyl (C=O) groups excluding carboxylic acids is 1. The molecule has 0 saturated heterocycles. The molecular formula is C14H21ClN2O3. The highest BCUT2D eigenvalue weighted by atomic mass is 35.5. The second kappa shape index (κ2) is 7.24. The first-order valence-electron chi connectivity index (χ1n) is 6.36. The van der Waals surface area contributed by atoms with Crippen molar-refractivity contribution in [2.24, 2.45) is 0 Å². The molecule has 0 heterocycles. The van der Waals surface area contributed by atoms with Gasteiger partial charge < -0.3 is 20.1 Å². The van der Waals surface area contributed by atoms with Gasteiger partial charge in [0.25, 0.3) is 0 Å². The Kier molecular flexibility index (Phi) is 5.95. The molecule has 0 aromatic heterocycles. The van der Waals surface area contributed by atoms with Crippen LogP contribution in [0.25, 0.3) is 0 Å². The van der Waals surface area contributed by atoms with E-state index in [0.29, 0.717) is 23.9 Å². The second-order valence-corrected chi connectivity index (χ2v) is 5.61. The number of halogens is 1. The maximum Gasteiger partial charge on any atom is 0.407 e. The molecule has 1 rings (SSSR count). The number of benzene rings is 1. The van der Waals surface area contributed by atoms with Crippen molar-refractivity contribution in [3.8, 4) is 5.75 Å². The fourth-order valence-corrected chi connectivity index (χ4v) is 1.72. The smallest absolute Gasteiger partial charge is 0.407 e. The first-order valence-corrected chi connectivity index (χ1v) is 6.74. The molecule has 0 saturated carbocycles. The molecule has 0 spiro atoms. The van der Waals surface area contributed by atoms with Crippen molar-refractivity contribution in [3.63, 3.8) is 0 Å². The second-order valence-electron chi connectivity index (χ2n) is 5.20. The number of hydrogen-bond acceptors (Lipinski definition) is 4. The topological polar surface area (TPSA) is 59.6 Å². The molecule has 6 heteroatoms. The minimum atomic E-state index is -0.485. The largest absolute Gasteiger partial charge is 0.495 e. The molecule has 0 radical (unpaired) electrons. The fraction of sp³-hybridized carbons (Fsp3) is 0.500. The van der Waals surface area contributed by atoms with E-state index in [2.05, 4.69) is 10.6 Å². The number of nitrogens with one attached hydrogen (secondary N) is 2. The van der Waals surface area contributed by atoms with E-state index in [0.717, 1.165) is 5.69 Å². The average Bonchev–Trinajstić information content (AvgIpc) is 2.33. The van der Waals surface area contributed by atoms with Crippen LogP contribution in [0.5, 0.6) is 5.75 Å². The van der Waals surface area contributed by atoms with Gasteiger partial charge in [-0.1, -0.05) is 11.6 Å². The molecule has 1 aromatic rings. The van der Waals surface area contributed by atoms with Crippen molar-refractivity contribution in [1.82, 2.24) is 5.32 Å². The Balaban J connectivity index is 2.31. The van der Waals surface area contributed by atoms with E-state index in [4.69, 9.17) is 21.1 Å². The lowest BCUT2D eigenvalue weighted by Gasteiger charge is -2.19. The third kappa shape index (κ3) is 6.02. The quantitative estimate of drug-likeness (QED) is 0.819. The molecule has 0 aliphatic carbocycles. The van der Waals surface area contributed by atoms with Gasteiger partial charge in [-0.2, -0.15) is 0 Å². The Hall–Kier alpha value is -1.62. The van der Waals surface area contributed by atoms with Crippen molar-refractivity contribution < 1.29 is 14.3 Å². The zero-order valence-corrected chi connectivity index (χ0v) is 13.0. The van der Waals surface area contributed by atoms with Crippen molar-refractivity contribution in [1.29, 1.82) is 0 Å². The summed E-state index contributed by atoms with van der Waals surface area (Å²) in [6, 6.07) is 5.41. The molecular weight excluding hydrogens is 280 g/mol. The minimum Gasteiger partial charge on any atom is -0.495 e. The van der Waals surface area contributed by atoms with Crippen molar-refractivity contribution in [3.05, 3.63) is 23.2 Å². The molecule has 0 aliphatic heterocycles. The molecule has 0 atom stereocenters. The van der Waals surface area contributed by atoms with Crippen LogP contribution in [0.3, 0.4) is 0 Å². The Bertz CT molecular complexity index is 458. The van der Waals surface area contributed by atoms with Gasteiger partial charge in [-0.25, -0.2) is 4.79 Å². The third-order valence-corrected chi connectivity index (χ3v) is 2.57. The lowest BCUT2D eigenvalue weighted by atomic mass is 10.2. The summed E-state index contributed by atoms with van der Waals surface area (Å²) in [7, 11) is 1.57. The van der Waals surface area contributed by atoms with Crippen LogP contribution in [0.2, 0.25) is 5.02 Å². The number of methoxy groups -OCH3 is 1. The Labute approximate surface area is 124 Å². The summed E-state index contributed by atoms with van der Waals surface area (Å²) in [4.78, 5) is 11.4. The molecule has 0 bridgehead atoms. The number of rotatable bonds is 5. The lowest BCUT2D eigenvalue weighted by molar-refractivity contribution is 0.0530. The summed E-state index contributed by atoms with van der Waals surface area (Å²) >= 11 is 6.01. The molecule has 2 N–H and O–H groups in total. The summed E-state index contributed by atoms with van der Waals surface area (Å²) in [5.41, 5.74) is 0.378. The summed E-state index contributed by atoms with van der Waals surface area (Å²) in [6.45, 7) is 6.50. The fourth-order valence-electron chi connectivity index (χ4n) is 1.46. The number of hydrogen-bond donors (Lipinski definition) is 2. The van der Waals surface area contributed by atoms with Gasteiger partial charge in [-0.05, 0) is 39.0 Å². The summed E-state index contributed by atoms with van der Waals surface area (Å²) < 4.78 is 10.2. The van der Waals surface area contributed by atoms with Gasteiger partial charge in [0, 0.05) is 18.8 Å². The average molecular weight is 301 g/mol. The van der Waals surface area contributed by atoms with Gasteiger partial charge in [0.2, 0.25) is 0 Å². The number of carbonyl (C=O) groups is 1. The lowest BCUT2D eigenvalue weighted by Crippen LogP contribution is -2.34. The Morgan fingerprint density at radius 3 is 2.55 bits per heavy atom. The van der Waals surface area contributed by atoms with Crippen LogP contribution in [0, 0.1) is 0 Å². The third-order valence-electron chi connectivity index (χ3n) is 2.27. The van der Waals surface area contributed by atoms with E-state index >= 15 is 0 Å². The van der Waals surface area contributed by atoms with Crippen LogP contribution in [0.4, 0.5) is 10.5 Å². The van der Waals surface area contributed by atoms with E-state index in [1.807, 2.05) is 26.8 Å². The van der Waals surface area contributed by atoms with Crippen LogP contribution < -0.4 is 15.4 Å². The maximum atomic E-state index is 11.4. The highest BCUT2D eigenvalue weighted by Crippen LogP contribution is 2.26. The molecule has 1 aromatic carbocycles. The number of ether oxygens (including phenoxy) is 2. The molecule has 0 aliphatic rings. The van der Waals surface area contributed by atoms with E-state index < -0.39 is 11.7 Å². The number of alkyl carbamates (subject to hydrolysis) is 1. The Morgan fingerprint density at radius 2 is 2.00 bits per heavy atom. The van der Waals surface area contributed by atoms with Crippen LogP contribution in [-0.4, -0.2) is 31.9 Å². The van der Waals surface area contributed by atoms with E-state index in [1.54, 1.807) is 19.2 Å². The first kappa shape index (κ1) is 16.4. The van der Waals surface area contributed by atoms with Crippen molar-refractivity contribution in [2.45, 2.75) is 26.4 Å². The zero-order valence-electron chi connectivity index (χ0n) is 12.2. The van der Waals surface area contributed by atoms with Crippen molar-refractivity contribution >= 4 is 23.4 Å². The molecule has 20 heavy (non-hydrogen) atoms. The Morgan fingerprint density at radius 1 is 1.30 bits per heavy atom. The normalized spacial score (nSPS) is 10.8. The van der Waals surface area contributed by atoms with Gasteiger partial charge >= 0.3 is 6.09 Å². The molecule has 0 unspecified atom stereocenters. The van der Waals surface area contributed by atoms with Crippen LogP contribution in [0.15, 0.2) is 18.2 Å². The standard InChI is InChI=1S/C14H21ClN2O3/c1-14(2,3)20-13(18)17-8-7-16-10-5-6-12(19-4)11(15)9-10/h5-6,9,16H,7-8H2,1-4H3,(H,17,18). The highest BCUT2D eigenvalue weighted by Gasteiger charge is 2.15. The summed E-state index contributed by atoms with van der Waals surface area (Å²) in [5.74, 6) is 0.629. The molecule has 1 amide bonds. The van der Waals surface area contributed by atoms with Crippen molar-refractivity contribution in [2.75, 3.05) is 25.5 Å². The zero-order chi connectivity index (χ0) is 15.2. The molecule has 112 valence electrons. The van der Waals surface area contributed by atoms with E-state index in [1.165, 1.54) is 0 Å². The van der Waals surface area contributed by atoms with Crippen LogP contribution in [-0.2, 0) is 4.74 Å². The summed E-state index contributed by atoms with van der Waals surface area (Å²) in [5, 5.41) is 6.35. The van der Waals surface area contributed by atoms with E-state index in [-0.39, 0.29) is 0 Å². The molecule has 0 fully saturated rings. The predicted octanol–water partition coefficient (Wildman–Crippen LogP) is 3.29. The number of anilines is 1. The monoisotopic (exact) mass is 300 g/mol. The van der Waals surface area contributed by atoms with Crippen LogP contribution >= 0.6 is 11.6 Å².